The summed E-state index contributed by atoms with van der Waals surface area (Å²) in [6.07, 6.45) is 3.07. The lowest BCUT2D eigenvalue weighted by molar-refractivity contribution is -0.0719. The molecule has 0 atom stereocenters. The zero-order valence-corrected chi connectivity index (χ0v) is 11.6. The van der Waals surface area contributed by atoms with Crippen LogP contribution in [0, 0.1) is 0 Å². The van der Waals surface area contributed by atoms with Crippen molar-refractivity contribution in [3.63, 3.8) is 0 Å². The van der Waals surface area contributed by atoms with Crippen LogP contribution >= 0.6 is 11.8 Å². The summed E-state index contributed by atoms with van der Waals surface area (Å²) in [5.41, 5.74) is 7.51. The third-order valence-electron chi connectivity index (χ3n) is 3.25. The minimum atomic E-state index is -0.151. The number of hydrogen-bond donors (Lipinski definition) is 1. The lowest BCUT2D eigenvalue weighted by atomic mass is 9.71. The van der Waals surface area contributed by atoms with E-state index in [1.54, 1.807) is 11.8 Å². The Morgan fingerprint density at radius 3 is 2.24 bits per heavy atom. The topological polar surface area (TPSA) is 35.2 Å². The average Bonchev–Trinajstić information content (AvgIpc) is 2.23. The molecule has 2 N–H and O–H groups in total. The van der Waals surface area contributed by atoms with E-state index in [4.69, 9.17) is 10.5 Å². The van der Waals surface area contributed by atoms with Gasteiger partial charge in [0.15, 0.2) is 0 Å². The van der Waals surface area contributed by atoms with Crippen LogP contribution in [0.1, 0.15) is 25.8 Å². The van der Waals surface area contributed by atoms with Crippen molar-refractivity contribution in [2.45, 2.75) is 36.1 Å². The molecule has 3 heteroatoms. The Bertz CT molecular complexity index is 376. The second-order valence-electron chi connectivity index (χ2n) is 5.67. The van der Waals surface area contributed by atoms with Crippen LogP contribution in [0.15, 0.2) is 29.2 Å². The molecule has 0 bridgehead atoms. The maximum atomic E-state index is 6.16. The predicted octanol–water partition coefficient (Wildman–Crippen LogP) is 2.80. The Morgan fingerprint density at radius 2 is 1.88 bits per heavy atom. The highest BCUT2D eigenvalue weighted by Crippen LogP contribution is 2.39. The van der Waals surface area contributed by atoms with Gasteiger partial charge in [-0.15, -0.1) is 11.8 Å². The molecule has 1 aliphatic heterocycles. The number of nitrogens with two attached hydrogens (primary N) is 1. The van der Waals surface area contributed by atoms with Crippen LogP contribution in [-0.4, -0.2) is 25.0 Å². The van der Waals surface area contributed by atoms with Crippen molar-refractivity contribution in [1.82, 2.24) is 0 Å². The minimum Gasteiger partial charge on any atom is -0.379 e. The van der Waals surface area contributed by atoms with Gasteiger partial charge < -0.3 is 10.5 Å². The van der Waals surface area contributed by atoms with Crippen molar-refractivity contribution in [1.29, 1.82) is 0 Å². The summed E-state index contributed by atoms with van der Waals surface area (Å²) in [4.78, 5) is 1.30. The lowest BCUT2D eigenvalue weighted by Gasteiger charge is -2.45. The van der Waals surface area contributed by atoms with Gasteiger partial charge >= 0.3 is 0 Å². The van der Waals surface area contributed by atoms with Crippen LogP contribution in [0.4, 0.5) is 0 Å². The highest BCUT2D eigenvalue weighted by molar-refractivity contribution is 7.98. The van der Waals surface area contributed by atoms with E-state index in [0.717, 1.165) is 19.6 Å². The Kier molecular flexibility index (Phi) is 3.53. The van der Waals surface area contributed by atoms with Crippen LogP contribution in [0.2, 0.25) is 0 Å². The van der Waals surface area contributed by atoms with Crippen LogP contribution in [0.25, 0.3) is 0 Å². The van der Waals surface area contributed by atoms with E-state index >= 15 is 0 Å². The number of benzene rings is 1. The molecule has 2 nitrogen and oxygen atoms in total. The van der Waals surface area contributed by atoms with Crippen molar-refractivity contribution in [3.8, 4) is 0 Å². The summed E-state index contributed by atoms with van der Waals surface area (Å²) < 4.78 is 5.43. The highest BCUT2D eigenvalue weighted by atomic mass is 32.2. The van der Waals surface area contributed by atoms with Gasteiger partial charge in [-0.1, -0.05) is 12.1 Å². The van der Waals surface area contributed by atoms with Gasteiger partial charge in [-0.25, -0.2) is 0 Å². The van der Waals surface area contributed by atoms with E-state index in [9.17, 15) is 0 Å². The molecule has 94 valence electrons. The fraction of sp³-hybridized carbons (Fsp3) is 0.571. The molecule has 0 unspecified atom stereocenters. The van der Waals surface area contributed by atoms with Crippen molar-refractivity contribution < 1.29 is 4.74 Å². The largest absolute Gasteiger partial charge is 0.379 e. The van der Waals surface area contributed by atoms with E-state index in [0.29, 0.717) is 0 Å². The van der Waals surface area contributed by atoms with Crippen molar-refractivity contribution in [3.05, 3.63) is 29.8 Å². The molecule has 1 aliphatic rings. The van der Waals surface area contributed by atoms with Gasteiger partial charge in [0.2, 0.25) is 0 Å². The molecule has 2 rings (SSSR count). The minimum absolute atomic E-state index is 0.134. The Morgan fingerprint density at radius 1 is 1.29 bits per heavy atom. The Balaban J connectivity index is 2.22. The first-order valence-electron chi connectivity index (χ1n) is 5.96. The standard InChI is InChI=1S/C14H21NOS/c1-13(2,15)8-14(9-16-10-14)11-4-6-12(17-3)7-5-11/h4-7H,8-10,15H2,1-3H3. The third kappa shape index (κ3) is 2.84. The zero-order valence-electron chi connectivity index (χ0n) is 10.8. The molecular formula is C14H21NOS. The van der Waals surface area contributed by atoms with Crippen molar-refractivity contribution in [2.24, 2.45) is 5.73 Å². The van der Waals surface area contributed by atoms with Crippen LogP contribution in [-0.2, 0) is 10.2 Å². The molecule has 0 radical (unpaired) electrons. The summed E-state index contributed by atoms with van der Waals surface area (Å²) in [6.45, 7) is 5.77. The smallest absolute Gasteiger partial charge is 0.0586 e. The molecule has 0 amide bonds. The fourth-order valence-corrected chi connectivity index (χ4v) is 2.94. The summed E-state index contributed by atoms with van der Waals surface area (Å²) in [5.74, 6) is 0. The SMILES string of the molecule is CSc1ccc(C2(CC(C)(C)N)COC2)cc1. The molecular weight excluding hydrogens is 230 g/mol. The van der Waals surface area contributed by atoms with E-state index < -0.39 is 0 Å². The summed E-state index contributed by atoms with van der Waals surface area (Å²) in [6, 6.07) is 8.81. The lowest BCUT2D eigenvalue weighted by Crippen LogP contribution is -2.53. The second-order valence-corrected chi connectivity index (χ2v) is 6.55. The van der Waals surface area contributed by atoms with E-state index in [2.05, 4.69) is 44.4 Å². The van der Waals surface area contributed by atoms with Gasteiger partial charge in [-0.2, -0.15) is 0 Å². The maximum absolute atomic E-state index is 6.16. The fourth-order valence-electron chi connectivity index (χ4n) is 2.54. The maximum Gasteiger partial charge on any atom is 0.0586 e. The molecule has 0 saturated carbocycles. The van der Waals surface area contributed by atoms with E-state index in [-0.39, 0.29) is 11.0 Å². The predicted molar refractivity (Wildman–Crippen MR) is 73.6 cm³/mol. The molecule has 1 fully saturated rings. The van der Waals surface area contributed by atoms with Crippen molar-refractivity contribution >= 4 is 11.8 Å². The third-order valence-corrected chi connectivity index (χ3v) is 4.00. The Hall–Kier alpha value is -0.510. The number of rotatable bonds is 4. The first-order valence-corrected chi connectivity index (χ1v) is 7.19. The van der Waals surface area contributed by atoms with Crippen LogP contribution in [0.3, 0.4) is 0 Å². The van der Waals surface area contributed by atoms with Crippen LogP contribution < -0.4 is 5.73 Å². The van der Waals surface area contributed by atoms with Crippen molar-refractivity contribution in [2.75, 3.05) is 19.5 Å². The monoisotopic (exact) mass is 251 g/mol. The summed E-state index contributed by atoms with van der Waals surface area (Å²) in [7, 11) is 0. The molecule has 0 aliphatic carbocycles. The van der Waals surface area contributed by atoms with E-state index in [1.165, 1.54) is 10.5 Å². The molecule has 0 spiro atoms. The molecule has 1 aromatic carbocycles. The van der Waals surface area contributed by atoms with Gasteiger partial charge in [0, 0.05) is 15.8 Å². The van der Waals surface area contributed by atoms with Gasteiger partial charge in [0.05, 0.1) is 13.2 Å². The molecule has 1 aromatic rings. The van der Waals surface area contributed by atoms with E-state index in [1.807, 2.05) is 0 Å². The second kappa shape index (κ2) is 4.63. The zero-order chi connectivity index (χ0) is 12.5. The highest BCUT2D eigenvalue weighted by Gasteiger charge is 2.43. The van der Waals surface area contributed by atoms with Gasteiger partial charge in [0.25, 0.3) is 0 Å². The van der Waals surface area contributed by atoms with Crippen LogP contribution in [0.5, 0.6) is 0 Å². The first kappa shape index (κ1) is 12.9. The molecule has 1 heterocycles. The molecule has 1 saturated heterocycles. The van der Waals surface area contributed by atoms with Gasteiger partial charge in [-0.05, 0) is 44.2 Å². The summed E-state index contributed by atoms with van der Waals surface area (Å²) in [5, 5.41) is 0. The Labute approximate surface area is 108 Å². The van der Waals surface area contributed by atoms with Gasteiger partial charge in [-0.3, -0.25) is 0 Å². The normalized spacial score (nSPS) is 18.8. The number of hydrogen-bond acceptors (Lipinski definition) is 3. The quantitative estimate of drug-likeness (QED) is 0.836. The number of ether oxygens (including phenoxy) is 1. The molecule has 17 heavy (non-hydrogen) atoms. The first-order chi connectivity index (χ1) is 7.95. The summed E-state index contributed by atoms with van der Waals surface area (Å²) >= 11 is 1.77. The average molecular weight is 251 g/mol. The number of thioether (sulfide) groups is 1. The van der Waals surface area contributed by atoms with Gasteiger partial charge in [0.1, 0.15) is 0 Å². The molecule has 0 aromatic heterocycles.